The predicted molar refractivity (Wildman–Crippen MR) is 63.6 cm³/mol. The van der Waals surface area contributed by atoms with Crippen molar-refractivity contribution < 1.29 is 14.6 Å². The molecule has 3 nitrogen and oxygen atoms in total. The summed E-state index contributed by atoms with van der Waals surface area (Å²) >= 11 is 7.31. The van der Waals surface area contributed by atoms with Gasteiger partial charge in [0, 0.05) is 21.0 Å². The second kappa shape index (κ2) is 4.00. The molecule has 0 radical (unpaired) electrons. The number of aliphatic carboxylic acids is 1. The normalized spacial score (nSPS) is 50.1. The monoisotopic (exact) mass is 340 g/mol. The Kier molecular flexibility index (Phi) is 3.17. The summed E-state index contributed by atoms with van der Waals surface area (Å²) in [4.78, 5) is 11.4. The fourth-order valence-electron chi connectivity index (χ4n) is 2.69. The van der Waals surface area contributed by atoms with Gasteiger partial charge in [0.15, 0.2) is 0 Å². The van der Waals surface area contributed by atoms with Gasteiger partial charge in [0.2, 0.25) is 0 Å². The van der Waals surface area contributed by atoms with E-state index >= 15 is 0 Å². The Morgan fingerprint density at radius 1 is 1.53 bits per heavy atom. The summed E-state index contributed by atoms with van der Waals surface area (Å²) in [6.45, 7) is 3.37. The van der Waals surface area contributed by atoms with Gasteiger partial charge in [-0.05, 0) is 13.3 Å². The van der Waals surface area contributed by atoms with E-state index < -0.39 is 5.97 Å². The van der Waals surface area contributed by atoms with Crippen LogP contribution in [0, 0.1) is 17.8 Å². The summed E-state index contributed by atoms with van der Waals surface area (Å²) in [6, 6.07) is 0. The maximum atomic E-state index is 11.2. The lowest BCUT2D eigenvalue weighted by molar-refractivity contribution is -0.145. The van der Waals surface area contributed by atoms with Crippen molar-refractivity contribution in [1.29, 1.82) is 0 Å². The molecule has 0 unspecified atom stereocenters. The second-order valence-corrected chi connectivity index (χ2v) is 7.42. The molecule has 1 heterocycles. The molecule has 1 saturated carbocycles. The first-order valence-corrected chi connectivity index (χ1v) is 6.79. The summed E-state index contributed by atoms with van der Waals surface area (Å²) in [5.74, 6) is -0.521. The van der Waals surface area contributed by atoms with E-state index in [0.717, 1.165) is 0 Å². The minimum Gasteiger partial charge on any atom is -0.481 e. The zero-order valence-electron chi connectivity index (χ0n) is 8.45. The number of fused-ring (bicyclic) bond motifs is 1. The van der Waals surface area contributed by atoms with E-state index in [2.05, 4.69) is 38.8 Å². The molecular weight excluding hydrogens is 328 g/mol. The highest BCUT2D eigenvalue weighted by atomic mass is 79.9. The lowest BCUT2D eigenvalue weighted by Gasteiger charge is -2.44. The van der Waals surface area contributed by atoms with Gasteiger partial charge >= 0.3 is 5.97 Å². The molecule has 2 fully saturated rings. The first kappa shape index (κ1) is 11.9. The highest BCUT2D eigenvalue weighted by Crippen LogP contribution is 2.51. The molecule has 1 saturated heterocycles. The van der Waals surface area contributed by atoms with Crippen LogP contribution in [0.5, 0.6) is 0 Å². The van der Waals surface area contributed by atoms with Gasteiger partial charge in [-0.25, -0.2) is 0 Å². The second-order valence-electron chi connectivity index (χ2n) is 4.61. The van der Waals surface area contributed by atoms with E-state index in [1.54, 1.807) is 0 Å². The number of hydrogen-bond donors (Lipinski definition) is 1. The third-order valence-corrected chi connectivity index (χ3v) is 6.84. The molecular formula is C10H14Br2O3. The van der Waals surface area contributed by atoms with Crippen molar-refractivity contribution in [3.8, 4) is 0 Å². The van der Waals surface area contributed by atoms with E-state index in [4.69, 9.17) is 4.74 Å². The first-order chi connectivity index (χ1) is 6.94. The van der Waals surface area contributed by atoms with Gasteiger partial charge in [0.1, 0.15) is 0 Å². The SMILES string of the molecule is C[C@@]1(Br)[C@@H](Br)C[C@H](C(=O)O)[C@H]2COC[C@@H]21. The fraction of sp³-hybridized carbons (Fsp3) is 0.900. The number of carboxylic acid groups (broad SMARTS) is 1. The van der Waals surface area contributed by atoms with Crippen LogP contribution in [0.2, 0.25) is 0 Å². The Bertz CT molecular complexity index is 280. The predicted octanol–water partition coefficient (Wildman–Crippen LogP) is 2.27. The molecule has 0 aromatic heterocycles. The van der Waals surface area contributed by atoms with Gasteiger partial charge in [-0.1, -0.05) is 31.9 Å². The molecule has 0 bridgehead atoms. The van der Waals surface area contributed by atoms with Gasteiger partial charge in [0.05, 0.1) is 19.1 Å². The Morgan fingerprint density at radius 2 is 2.20 bits per heavy atom. The molecule has 0 aromatic rings. The number of hydrogen-bond acceptors (Lipinski definition) is 2. The average molecular weight is 342 g/mol. The summed E-state index contributed by atoms with van der Waals surface area (Å²) < 4.78 is 5.39. The Hall–Kier alpha value is 0.390. The molecule has 5 atom stereocenters. The van der Waals surface area contributed by atoms with Crippen LogP contribution in [0.1, 0.15) is 13.3 Å². The van der Waals surface area contributed by atoms with E-state index in [9.17, 15) is 9.90 Å². The summed E-state index contributed by atoms with van der Waals surface area (Å²) in [6.07, 6.45) is 0.668. The van der Waals surface area contributed by atoms with Gasteiger partial charge in [-0.15, -0.1) is 0 Å². The van der Waals surface area contributed by atoms with Crippen LogP contribution in [0.3, 0.4) is 0 Å². The minimum atomic E-state index is -0.692. The average Bonchev–Trinajstić information content (AvgIpc) is 2.60. The van der Waals surface area contributed by atoms with E-state index in [0.29, 0.717) is 19.6 Å². The van der Waals surface area contributed by atoms with Crippen molar-refractivity contribution >= 4 is 37.8 Å². The number of carboxylic acids is 1. The number of carbonyl (C=O) groups is 1. The van der Waals surface area contributed by atoms with Gasteiger partial charge < -0.3 is 9.84 Å². The van der Waals surface area contributed by atoms with Crippen molar-refractivity contribution in [2.45, 2.75) is 22.5 Å². The standard InChI is InChI=1S/C10H14Br2O3/c1-10(12)7-4-15-3-6(7)5(9(13)14)2-8(10)11/h5-8H,2-4H2,1H3,(H,13,14)/t5-,6+,7-,8-,10-/m0/s1. The third-order valence-electron chi connectivity index (χ3n) is 3.76. The van der Waals surface area contributed by atoms with Gasteiger partial charge in [0.25, 0.3) is 0 Å². The van der Waals surface area contributed by atoms with Crippen LogP contribution in [0.4, 0.5) is 0 Å². The van der Waals surface area contributed by atoms with Crippen LogP contribution in [0.25, 0.3) is 0 Å². The largest absolute Gasteiger partial charge is 0.481 e. The van der Waals surface area contributed by atoms with Crippen molar-refractivity contribution in [1.82, 2.24) is 0 Å². The summed E-state index contributed by atoms with van der Waals surface area (Å²) in [5, 5.41) is 9.18. The quantitative estimate of drug-likeness (QED) is 0.744. The molecule has 86 valence electrons. The first-order valence-electron chi connectivity index (χ1n) is 5.08. The Labute approximate surface area is 106 Å². The molecule has 1 aliphatic carbocycles. The highest BCUT2D eigenvalue weighted by Gasteiger charge is 2.54. The number of rotatable bonds is 1. The van der Waals surface area contributed by atoms with E-state index in [1.165, 1.54) is 0 Å². The maximum Gasteiger partial charge on any atom is 0.306 e. The third kappa shape index (κ3) is 1.87. The molecule has 15 heavy (non-hydrogen) atoms. The van der Waals surface area contributed by atoms with Crippen molar-refractivity contribution in [2.24, 2.45) is 17.8 Å². The van der Waals surface area contributed by atoms with Gasteiger partial charge in [-0.2, -0.15) is 0 Å². The number of halogens is 2. The lowest BCUT2D eigenvalue weighted by atomic mass is 9.68. The van der Waals surface area contributed by atoms with Crippen LogP contribution < -0.4 is 0 Å². The minimum absolute atomic E-state index is 0.0554. The molecule has 5 heteroatoms. The highest BCUT2D eigenvalue weighted by molar-refractivity contribution is 9.12. The molecule has 0 spiro atoms. The smallest absolute Gasteiger partial charge is 0.306 e. The Morgan fingerprint density at radius 3 is 2.80 bits per heavy atom. The molecule has 2 aliphatic rings. The van der Waals surface area contributed by atoms with E-state index in [1.807, 2.05) is 0 Å². The number of ether oxygens (including phenoxy) is 1. The lowest BCUT2D eigenvalue weighted by Crippen LogP contribution is -2.50. The molecule has 0 amide bonds. The summed E-state index contributed by atoms with van der Waals surface area (Å²) in [7, 11) is 0. The Balaban J connectivity index is 2.26. The zero-order valence-corrected chi connectivity index (χ0v) is 11.6. The van der Waals surface area contributed by atoms with Gasteiger partial charge in [-0.3, -0.25) is 4.79 Å². The van der Waals surface area contributed by atoms with Crippen LogP contribution in [0.15, 0.2) is 0 Å². The summed E-state index contributed by atoms with van der Waals surface area (Å²) in [5.41, 5.74) is 0. The van der Waals surface area contributed by atoms with Crippen LogP contribution >= 0.6 is 31.9 Å². The van der Waals surface area contributed by atoms with Crippen LogP contribution in [-0.4, -0.2) is 33.4 Å². The fourth-order valence-corrected chi connectivity index (χ4v) is 4.09. The molecule has 2 rings (SSSR count). The van der Waals surface area contributed by atoms with Crippen molar-refractivity contribution in [3.63, 3.8) is 0 Å². The van der Waals surface area contributed by atoms with E-state index in [-0.39, 0.29) is 26.9 Å². The topological polar surface area (TPSA) is 46.5 Å². The van der Waals surface area contributed by atoms with Crippen molar-refractivity contribution in [2.75, 3.05) is 13.2 Å². The van der Waals surface area contributed by atoms with Crippen LogP contribution in [-0.2, 0) is 9.53 Å². The molecule has 1 aliphatic heterocycles. The zero-order chi connectivity index (χ0) is 11.2. The molecule has 0 aromatic carbocycles. The molecule has 1 N–H and O–H groups in total. The number of alkyl halides is 2. The van der Waals surface area contributed by atoms with Crippen molar-refractivity contribution in [3.05, 3.63) is 0 Å². The maximum absolute atomic E-state index is 11.2.